The number of carbonyl (C=O) groups excluding carboxylic acids is 1. The molecule has 4 N–H and O–H groups in total. The summed E-state index contributed by atoms with van der Waals surface area (Å²) in [5.74, 6) is -0.643. The Bertz CT molecular complexity index is 223. The van der Waals surface area contributed by atoms with Crippen molar-refractivity contribution in [1.29, 1.82) is 0 Å². The molecule has 88 valence electrons. The minimum absolute atomic E-state index is 0.0624. The third-order valence-electron chi connectivity index (χ3n) is 1.94. The van der Waals surface area contributed by atoms with E-state index in [1.54, 1.807) is 11.8 Å². The van der Waals surface area contributed by atoms with E-state index in [2.05, 4.69) is 5.32 Å². The SMILES string of the molecule is CCC(CSC)NC(=O)C(N)CC(=O)O. The van der Waals surface area contributed by atoms with Crippen LogP contribution in [0.1, 0.15) is 19.8 Å². The van der Waals surface area contributed by atoms with E-state index < -0.39 is 17.9 Å². The number of amides is 1. The molecule has 0 aromatic rings. The summed E-state index contributed by atoms with van der Waals surface area (Å²) in [7, 11) is 0. The Labute approximate surface area is 93.8 Å². The van der Waals surface area contributed by atoms with Gasteiger partial charge in [-0.3, -0.25) is 9.59 Å². The average molecular weight is 234 g/mol. The van der Waals surface area contributed by atoms with Crippen LogP contribution in [-0.2, 0) is 9.59 Å². The third-order valence-corrected chi connectivity index (χ3v) is 2.67. The first-order valence-corrected chi connectivity index (χ1v) is 6.17. The highest BCUT2D eigenvalue weighted by molar-refractivity contribution is 7.98. The van der Waals surface area contributed by atoms with E-state index >= 15 is 0 Å². The first-order valence-electron chi connectivity index (χ1n) is 4.77. The summed E-state index contributed by atoms with van der Waals surface area (Å²) in [6, 6.07) is -0.897. The number of hydrogen-bond donors (Lipinski definition) is 3. The van der Waals surface area contributed by atoms with Crippen molar-refractivity contribution in [1.82, 2.24) is 5.32 Å². The highest BCUT2D eigenvalue weighted by atomic mass is 32.2. The second kappa shape index (κ2) is 7.53. The number of rotatable bonds is 7. The van der Waals surface area contributed by atoms with E-state index in [9.17, 15) is 9.59 Å². The van der Waals surface area contributed by atoms with Gasteiger partial charge in [-0.05, 0) is 12.7 Å². The maximum absolute atomic E-state index is 11.4. The lowest BCUT2D eigenvalue weighted by molar-refractivity contribution is -0.139. The van der Waals surface area contributed by atoms with Crippen molar-refractivity contribution in [2.75, 3.05) is 12.0 Å². The fraction of sp³-hybridized carbons (Fsp3) is 0.778. The van der Waals surface area contributed by atoms with Crippen LogP contribution in [0.3, 0.4) is 0 Å². The molecule has 2 unspecified atom stereocenters. The zero-order valence-electron chi connectivity index (χ0n) is 9.03. The lowest BCUT2D eigenvalue weighted by Crippen LogP contribution is -2.46. The molecule has 0 aliphatic rings. The van der Waals surface area contributed by atoms with Crippen molar-refractivity contribution >= 4 is 23.6 Å². The van der Waals surface area contributed by atoms with Gasteiger partial charge < -0.3 is 16.2 Å². The van der Waals surface area contributed by atoms with Crippen molar-refractivity contribution in [2.24, 2.45) is 5.73 Å². The van der Waals surface area contributed by atoms with Crippen molar-refractivity contribution in [3.8, 4) is 0 Å². The van der Waals surface area contributed by atoms with E-state index in [0.717, 1.165) is 12.2 Å². The number of carbonyl (C=O) groups is 2. The fourth-order valence-electron chi connectivity index (χ4n) is 1.05. The van der Waals surface area contributed by atoms with Gasteiger partial charge in [0.2, 0.25) is 5.91 Å². The number of nitrogens with two attached hydrogens (primary N) is 1. The van der Waals surface area contributed by atoms with Gasteiger partial charge in [0.15, 0.2) is 0 Å². The molecule has 0 rings (SSSR count). The summed E-state index contributed by atoms with van der Waals surface area (Å²) < 4.78 is 0. The molecule has 0 spiro atoms. The van der Waals surface area contributed by atoms with Crippen LogP contribution in [0, 0.1) is 0 Å². The lowest BCUT2D eigenvalue weighted by Gasteiger charge is -2.18. The van der Waals surface area contributed by atoms with Gasteiger partial charge in [-0.1, -0.05) is 6.92 Å². The minimum Gasteiger partial charge on any atom is -0.481 e. The van der Waals surface area contributed by atoms with Gasteiger partial charge in [-0.2, -0.15) is 11.8 Å². The Kier molecular flexibility index (Phi) is 7.15. The van der Waals surface area contributed by atoms with Gasteiger partial charge in [0, 0.05) is 11.8 Å². The zero-order valence-corrected chi connectivity index (χ0v) is 9.84. The largest absolute Gasteiger partial charge is 0.481 e. The first kappa shape index (κ1) is 14.2. The summed E-state index contributed by atoms with van der Waals surface area (Å²) in [5, 5.41) is 11.2. The van der Waals surface area contributed by atoms with Crippen LogP contribution in [-0.4, -0.2) is 41.1 Å². The van der Waals surface area contributed by atoms with E-state index in [1.807, 2.05) is 13.2 Å². The predicted octanol–water partition coefficient (Wildman–Crippen LogP) is 0.0462. The molecule has 5 nitrogen and oxygen atoms in total. The monoisotopic (exact) mass is 234 g/mol. The van der Waals surface area contributed by atoms with Gasteiger partial charge in [-0.25, -0.2) is 0 Å². The molecule has 1 amide bonds. The van der Waals surface area contributed by atoms with Crippen molar-refractivity contribution in [3.05, 3.63) is 0 Å². The maximum Gasteiger partial charge on any atom is 0.305 e. The fourth-order valence-corrected chi connectivity index (χ4v) is 1.77. The van der Waals surface area contributed by atoms with Crippen molar-refractivity contribution < 1.29 is 14.7 Å². The molecule has 0 aromatic heterocycles. The Hall–Kier alpha value is -0.750. The van der Waals surface area contributed by atoms with Crippen LogP contribution in [0.15, 0.2) is 0 Å². The zero-order chi connectivity index (χ0) is 11.8. The number of aliphatic carboxylic acids is 1. The molecule has 0 saturated heterocycles. The first-order chi connectivity index (χ1) is 7.01. The normalized spacial score (nSPS) is 14.3. The van der Waals surface area contributed by atoms with Crippen LogP contribution in [0.2, 0.25) is 0 Å². The molecule has 0 aromatic carbocycles. The predicted molar refractivity (Wildman–Crippen MR) is 60.8 cm³/mol. The van der Waals surface area contributed by atoms with E-state index in [1.165, 1.54) is 0 Å². The number of carboxylic acid groups (broad SMARTS) is 1. The average Bonchev–Trinajstić information content (AvgIpc) is 2.15. The topological polar surface area (TPSA) is 92.4 Å². The highest BCUT2D eigenvalue weighted by Crippen LogP contribution is 2.01. The molecule has 0 aliphatic heterocycles. The molecule has 2 atom stereocenters. The Morgan fingerprint density at radius 1 is 1.53 bits per heavy atom. The molecule has 0 radical (unpaired) electrons. The van der Waals surface area contributed by atoms with Gasteiger partial charge in [0.1, 0.15) is 0 Å². The summed E-state index contributed by atoms with van der Waals surface area (Å²) in [6.45, 7) is 1.96. The molecular formula is C9H18N2O3S. The maximum atomic E-state index is 11.4. The third kappa shape index (κ3) is 6.35. The molecule has 15 heavy (non-hydrogen) atoms. The second-order valence-corrected chi connectivity index (χ2v) is 4.18. The Morgan fingerprint density at radius 2 is 2.13 bits per heavy atom. The number of thioether (sulfide) groups is 1. The Morgan fingerprint density at radius 3 is 2.53 bits per heavy atom. The number of hydrogen-bond acceptors (Lipinski definition) is 4. The smallest absolute Gasteiger partial charge is 0.305 e. The molecular weight excluding hydrogens is 216 g/mol. The van der Waals surface area contributed by atoms with Crippen molar-refractivity contribution in [3.63, 3.8) is 0 Å². The Balaban J connectivity index is 4.03. The second-order valence-electron chi connectivity index (χ2n) is 3.27. The van der Waals surface area contributed by atoms with Crippen LogP contribution in [0.25, 0.3) is 0 Å². The van der Waals surface area contributed by atoms with E-state index in [-0.39, 0.29) is 12.5 Å². The lowest BCUT2D eigenvalue weighted by atomic mass is 10.2. The van der Waals surface area contributed by atoms with E-state index in [0.29, 0.717) is 0 Å². The minimum atomic E-state index is -1.06. The summed E-state index contributed by atoms with van der Waals surface area (Å²) >= 11 is 1.63. The van der Waals surface area contributed by atoms with Crippen LogP contribution >= 0.6 is 11.8 Å². The molecule has 0 aliphatic carbocycles. The van der Waals surface area contributed by atoms with Crippen LogP contribution in [0.5, 0.6) is 0 Å². The molecule has 0 saturated carbocycles. The van der Waals surface area contributed by atoms with E-state index in [4.69, 9.17) is 10.8 Å². The molecule has 0 bridgehead atoms. The quantitative estimate of drug-likeness (QED) is 0.578. The van der Waals surface area contributed by atoms with Gasteiger partial charge in [0.05, 0.1) is 12.5 Å². The van der Waals surface area contributed by atoms with Gasteiger partial charge >= 0.3 is 5.97 Å². The summed E-state index contributed by atoms with van der Waals surface area (Å²) in [4.78, 5) is 21.7. The number of carboxylic acids is 1. The van der Waals surface area contributed by atoms with Crippen molar-refractivity contribution in [2.45, 2.75) is 31.8 Å². The standard InChI is InChI=1S/C9H18N2O3S/c1-3-6(5-15-2)11-9(14)7(10)4-8(12)13/h6-7H,3-5,10H2,1-2H3,(H,11,14)(H,12,13). The molecule has 0 fully saturated rings. The summed E-state index contributed by atoms with van der Waals surface area (Å²) in [5.41, 5.74) is 5.42. The summed E-state index contributed by atoms with van der Waals surface area (Å²) in [6.07, 6.45) is 2.43. The van der Waals surface area contributed by atoms with Crippen LogP contribution in [0.4, 0.5) is 0 Å². The highest BCUT2D eigenvalue weighted by Gasteiger charge is 2.19. The molecule has 6 heteroatoms. The van der Waals surface area contributed by atoms with Gasteiger partial charge in [0.25, 0.3) is 0 Å². The van der Waals surface area contributed by atoms with Gasteiger partial charge in [-0.15, -0.1) is 0 Å². The number of nitrogens with one attached hydrogen (secondary N) is 1. The van der Waals surface area contributed by atoms with Crippen LogP contribution < -0.4 is 11.1 Å². The molecule has 0 heterocycles.